The van der Waals surface area contributed by atoms with Crippen LogP contribution >= 0.6 is 7.92 Å². The molecule has 2 aromatic rings. The van der Waals surface area contributed by atoms with E-state index in [4.69, 9.17) is 14.2 Å². The van der Waals surface area contributed by atoms with Crippen molar-refractivity contribution in [1.82, 2.24) is 4.98 Å². The number of amides is 1. The summed E-state index contributed by atoms with van der Waals surface area (Å²) in [6.45, 7) is 9.30. The molecule has 1 amide bonds. The minimum atomic E-state index is -0.520. The Labute approximate surface area is 167 Å². The van der Waals surface area contributed by atoms with Crippen molar-refractivity contribution < 1.29 is 19.0 Å². The van der Waals surface area contributed by atoms with Gasteiger partial charge in [0.1, 0.15) is 30.3 Å². The molecule has 3 rings (SSSR count). The van der Waals surface area contributed by atoms with Gasteiger partial charge in [-0.1, -0.05) is 27.8 Å². The molecule has 0 saturated carbocycles. The number of hydrogen-bond donors (Lipinski definition) is 1. The van der Waals surface area contributed by atoms with E-state index < -0.39 is 6.09 Å². The summed E-state index contributed by atoms with van der Waals surface area (Å²) >= 11 is 0. The maximum absolute atomic E-state index is 11.6. The molecule has 0 bridgehead atoms. The van der Waals surface area contributed by atoms with Gasteiger partial charge in [0.2, 0.25) is 0 Å². The molecule has 28 heavy (non-hydrogen) atoms. The van der Waals surface area contributed by atoms with Crippen LogP contribution in [0.5, 0.6) is 11.5 Å². The molecule has 0 radical (unpaired) electrons. The monoisotopic (exact) mass is 402 g/mol. The van der Waals surface area contributed by atoms with Gasteiger partial charge in [-0.05, 0) is 49.4 Å². The molecule has 1 aromatic heterocycles. The quantitative estimate of drug-likeness (QED) is 0.636. The van der Waals surface area contributed by atoms with Crippen LogP contribution < -0.4 is 14.8 Å². The van der Waals surface area contributed by atoms with E-state index in [1.165, 1.54) is 6.16 Å². The van der Waals surface area contributed by atoms with Gasteiger partial charge in [-0.3, -0.25) is 5.32 Å². The highest BCUT2D eigenvalue weighted by atomic mass is 31.1. The Balaban J connectivity index is 1.75. The number of carbonyl (C=O) groups excluding carboxylic acids is 1. The standard InChI is InChI=1S/C21H27N2O4P/c1-5-25-21(24)23-20-9-18-17-7-6-16(27-13-28(4)12-14(2)3)8-15(17)11-26-19(18)10-22-20/h6-10,14H,5,11-13H2,1-4H3,(H,22,23,24)/t28-/m1/s1. The largest absolute Gasteiger partial charge is 0.489 e. The van der Waals surface area contributed by atoms with E-state index in [9.17, 15) is 4.79 Å². The molecule has 7 heteroatoms. The zero-order valence-electron chi connectivity index (χ0n) is 16.8. The van der Waals surface area contributed by atoms with Gasteiger partial charge in [-0.2, -0.15) is 0 Å². The number of nitrogens with one attached hydrogen (secondary N) is 1. The lowest BCUT2D eigenvalue weighted by atomic mass is 9.98. The van der Waals surface area contributed by atoms with E-state index in [2.05, 4.69) is 30.8 Å². The van der Waals surface area contributed by atoms with E-state index in [1.807, 2.05) is 18.2 Å². The Bertz CT molecular complexity index is 841. The minimum absolute atomic E-state index is 0.127. The maximum Gasteiger partial charge on any atom is 0.412 e. The number of aromatic nitrogens is 1. The fourth-order valence-corrected chi connectivity index (χ4v) is 4.89. The van der Waals surface area contributed by atoms with Crippen molar-refractivity contribution in [3.8, 4) is 22.6 Å². The van der Waals surface area contributed by atoms with Gasteiger partial charge in [0.25, 0.3) is 0 Å². The molecule has 1 N–H and O–H groups in total. The number of pyridine rings is 1. The van der Waals surface area contributed by atoms with Crippen molar-refractivity contribution in [1.29, 1.82) is 0 Å². The Hall–Kier alpha value is -2.33. The smallest absolute Gasteiger partial charge is 0.412 e. The molecule has 0 saturated heterocycles. The fraction of sp³-hybridized carbons (Fsp3) is 0.429. The van der Waals surface area contributed by atoms with Crippen molar-refractivity contribution in [2.24, 2.45) is 5.92 Å². The first kappa shape index (κ1) is 20.4. The summed E-state index contributed by atoms with van der Waals surface area (Å²) < 4.78 is 16.8. The second-order valence-electron chi connectivity index (χ2n) is 7.22. The third-order valence-electron chi connectivity index (χ3n) is 4.25. The highest BCUT2D eigenvalue weighted by Gasteiger charge is 2.20. The molecule has 0 unspecified atom stereocenters. The zero-order chi connectivity index (χ0) is 20.1. The number of ether oxygens (including phenoxy) is 3. The third-order valence-corrected chi connectivity index (χ3v) is 6.17. The van der Waals surface area contributed by atoms with Gasteiger partial charge in [0.15, 0.2) is 0 Å². The Kier molecular flexibility index (Phi) is 6.74. The second-order valence-corrected chi connectivity index (χ2v) is 9.56. The molecule has 0 fully saturated rings. The Morgan fingerprint density at radius 2 is 2.14 bits per heavy atom. The van der Waals surface area contributed by atoms with Crippen LogP contribution in [0.1, 0.15) is 26.3 Å². The average Bonchev–Trinajstić information content (AvgIpc) is 2.65. The van der Waals surface area contributed by atoms with Crippen molar-refractivity contribution in [2.75, 3.05) is 31.1 Å². The van der Waals surface area contributed by atoms with Crippen LogP contribution in [0.2, 0.25) is 0 Å². The molecule has 1 aliphatic heterocycles. The van der Waals surface area contributed by atoms with E-state index in [0.29, 0.717) is 30.7 Å². The lowest BCUT2D eigenvalue weighted by molar-refractivity contribution is 0.168. The number of anilines is 1. The number of fused-ring (bicyclic) bond motifs is 3. The Morgan fingerprint density at radius 3 is 2.89 bits per heavy atom. The summed E-state index contributed by atoms with van der Waals surface area (Å²) in [6.07, 6.45) is 3.08. The fourth-order valence-electron chi connectivity index (χ4n) is 3.17. The molecule has 150 valence electrons. The van der Waals surface area contributed by atoms with Crippen molar-refractivity contribution >= 4 is 19.8 Å². The molecule has 2 heterocycles. The molecule has 0 aliphatic carbocycles. The first-order valence-corrected chi connectivity index (χ1v) is 11.6. The summed E-state index contributed by atoms with van der Waals surface area (Å²) in [5.41, 5.74) is 3.01. The van der Waals surface area contributed by atoms with E-state index in [0.717, 1.165) is 28.8 Å². The van der Waals surface area contributed by atoms with Crippen LogP contribution in [0.15, 0.2) is 30.5 Å². The number of rotatable bonds is 7. The Morgan fingerprint density at radius 1 is 1.32 bits per heavy atom. The highest BCUT2D eigenvalue weighted by Crippen LogP contribution is 2.40. The maximum atomic E-state index is 11.6. The van der Waals surface area contributed by atoms with E-state index in [-0.39, 0.29) is 7.92 Å². The van der Waals surface area contributed by atoms with Gasteiger partial charge >= 0.3 is 6.09 Å². The van der Waals surface area contributed by atoms with Gasteiger partial charge < -0.3 is 14.2 Å². The number of hydrogen-bond acceptors (Lipinski definition) is 5. The topological polar surface area (TPSA) is 69.7 Å². The molecule has 1 aromatic carbocycles. The SMILES string of the molecule is CCOC(=O)Nc1cc2c(cn1)OCc1cc(OC[P@](C)CC(C)C)ccc1-2. The van der Waals surface area contributed by atoms with Gasteiger partial charge in [0.05, 0.1) is 12.8 Å². The molecular weight excluding hydrogens is 375 g/mol. The third kappa shape index (κ3) is 5.14. The first-order chi connectivity index (χ1) is 13.5. The van der Waals surface area contributed by atoms with Crippen LogP contribution in [0.3, 0.4) is 0 Å². The van der Waals surface area contributed by atoms with E-state index >= 15 is 0 Å². The van der Waals surface area contributed by atoms with E-state index in [1.54, 1.807) is 19.2 Å². The lowest BCUT2D eigenvalue weighted by Gasteiger charge is -2.22. The summed E-state index contributed by atoms with van der Waals surface area (Å²) in [5.74, 6) is 2.69. The summed E-state index contributed by atoms with van der Waals surface area (Å²) in [7, 11) is -0.127. The number of carbonyl (C=O) groups is 1. The predicted molar refractivity (Wildman–Crippen MR) is 113 cm³/mol. The normalized spacial score (nSPS) is 13.2. The predicted octanol–water partition coefficient (Wildman–Crippen LogP) is 5.31. The van der Waals surface area contributed by atoms with Crippen LogP contribution in [0.4, 0.5) is 10.6 Å². The lowest BCUT2D eigenvalue weighted by Crippen LogP contribution is -2.15. The highest BCUT2D eigenvalue weighted by molar-refractivity contribution is 7.56. The average molecular weight is 402 g/mol. The van der Waals surface area contributed by atoms with Gasteiger partial charge in [-0.15, -0.1) is 0 Å². The molecule has 0 spiro atoms. The second kappa shape index (κ2) is 9.24. The number of benzene rings is 1. The first-order valence-electron chi connectivity index (χ1n) is 9.47. The minimum Gasteiger partial charge on any atom is -0.489 e. The summed E-state index contributed by atoms with van der Waals surface area (Å²) in [5, 5.41) is 2.63. The van der Waals surface area contributed by atoms with Gasteiger partial charge in [0, 0.05) is 11.1 Å². The molecule has 1 atom stereocenters. The van der Waals surface area contributed by atoms with Crippen LogP contribution in [0, 0.1) is 5.92 Å². The molecule has 1 aliphatic rings. The van der Waals surface area contributed by atoms with Crippen molar-refractivity contribution in [3.63, 3.8) is 0 Å². The zero-order valence-corrected chi connectivity index (χ0v) is 17.7. The molecular formula is C21H27N2O4P. The summed E-state index contributed by atoms with van der Waals surface area (Å²) in [6, 6.07) is 7.88. The van der Waals surface area contributed by atoms with Crippen LogP contribution in [0.25, 0.3) is 11.1 Å². The summed E-state index contributed by atoms with van der Waals surface area (Å²) in [4.78, 5) is 15.9. The van der Waals surface area contributed by atoms with Gasteiger partial charge in [-0.25, -0.2) is 9.78 Å². The van der Waals surface area contributed by atoms with Crippen LogP contribution in [-0.2, 0) is 11.3 Å². The van der Waals surface area contributed by atoms with Crippen molar-refractivity contribution in [2.45, 2.75) is 27.4 Å². The van der Waals surface area contributed by atoms with Crippen LogP contribution in [-0.4, -0.2) is 36.9 Å². The van der Waals surface area contributed by atoms with Crippen molar-refractivity contribution in [3.05, 3.63) is 36.0 Å². The molecule has 6 nitrogen and oxygen atoms in total. The number of nitrogens with zero attached hydrogens (tertiary/aromatic N) is 1.